The predicted octanol–water partition coefficient (Wildman–Crippen LogP) is 2.57. The molecule has 0 aliphatic carbocycles. The van der Waals surface area contributed by atoms with E-state index in [1.54, 1.807) is 4.90 Å². The number of rotatable bonds is 6. The van der Waals surface area contributed by atoms with Gasteiger partial charge in [-0.1, -0.05) is 6.42 Å². The maximum Gasteiger partial charge on any atom is 0.410 e. The number of carbonyl (C=O) groups is 2. The highest BCUT2D eigenvalue weighted by Gasteiger charge is 2.34. The molecule has 2 N–H and O–H groups in total. The summed E-state index contributed by atoms with van der Waals surface area (Å²) in [5.74, 6) is 1.04. The van der Waals surface area contributed by atoms with Crippen LogP contribution in [-0.2, 0) is 9.53 Å². The minimum Gasteiger partial charge on any atom is -0.444 e. The van der Waals surface area contributed by atoms with Gasteiger partial charge in [0.1, 0.15) is 5.60 Å². The highest BCUT2D eigenvalue weighted by Crippen LogP contribution is 2.15. The van der Waals surface area contributed by atoms with Crippen LogP contribution in [0.1, 0.15) is 59.8 Å². The number of halogens is 1. The molecule has 0 saturated carbocycles. The quantitative estimate of drug-likeness (QED) is 0.242. The standard InChI is InChI=1S/C20H37N5O3.HI/c1-5-21-18(22-11-9-13-24-12-8-6-7-10-17(24)26)23-16-14-25(15-16)19(27)28-20(2,3)4;/h16H,5-15H2,1-4H3,(H2,21,22,23);1H. The van der Waals surface area contributed by atoms with Crippen molar-refractivity contribution in [3.8, 4) is 0 Å². The van der Waals surface area contributed by atoms with Gasteiger partial charge in [-0.2, -0.15) is 0 Å². The first kappa shape index (κ1) is 25.8. The van der Waals surface area contributed by atoms with E-state index in [0.717, 1.165) is 51.3 Å². The van der Waals surface area contributed by atoms with Crippen LogP contribution < -0.4 is 10.6 Å². The Morgan fingerprint density at radius 3 is 2.62 bits per heavy atom. The van der Waals surface area contributed by atoms with Crippen LogP contribution in [-0.4, -0.2) is 78.7 Å². The molecule has 0 aromatic heterocycles. The van der Waals surface area contributed by atoms with Gasteiger partial charge in [-0.05, 0) is 47.0 Å². The van der Waals surface area contributed by atoms with E-state index in [-0.39, 0.29) is 42.0 Å². The average molecular weight is 523 g/mol. The van der Waals surface area contributed by atoms with Crippen LogP contribution in [0, 0.1) is 0 Å². The summed E-state index contributed by atoms with van der Waals surface area (Å²) < 4.78 is 5.38. The van der Waals surface area contributed by atoms with Gasteiger partial charge in [0.05, 0.1) is 6.04 Å². The monoisotopic (exact) mass is 523 g/mol. The van der Waals surface area contributed by atoms with E-state index in [4.69, 9.17) is 4.74 Å². The summed E-state index contributed by atoms with van der Waals surface area (Å²) in [6, 6.07) is 0.178. The molecule has 0 spiro atoms. The molecule has 2 amide bonds. The highest BCUT2D eigenvalue weighted by atomic mass is 127. The van der Waals surface area contributed by atoms with Gasteiger partial charge in [-0.15, -0.1) is 24.0 Å². The molecule has 2 aliphatic rings. The second-order valence-electron chi connectivity index (χ2n) is 8.53. The fourth-order valence-electron chi connectivity index (χ4n) is 3.29. The number of amides is 2. The first-order chi connectivity index (χ1) is 13.3. The highest BCUT2D eigenvalue weighted by molar-refractivity contribution is 14.0. The third-order valence-corrected chi connectivity index (χ3v) is 4.75. The van der Waals surface area contributed by atoms with Crippen molar-refractivity contribution in [3.05, 3.63) is 0 Å². The van der Waals surface area contributed by atoms with Crippen LogP contribution in [0.25, 0.3) is 0 Å². The lowest BCUT2D eigenvalue weighted by molar-refractivity contribution is -0.130. The number of nitrogens with zero attached hydrogens (tertiary/aromatic N) is 3. The van der Waals surface area contributed by atoms with E-state index in [2.05, 4.69) is 15.6 Å². The lowest BCUT2D eigenvalue weighted by Crippen LogP contribution is -2.63. The zero-order valence-electron chi connectivity index (χ0n) is 18.3. The Morgan fingerprint density at radius 1 is 1.24 bits per heavy atom. The summed E-state index contributed by atoms with van der Waals surface area (Å²) in [5.41, 5.74) is -0.471. The topological polar surface area (TPSA) is 86.3 Å². The van der Waals surface area contributed by atoms with Gasteiger partial charge in [-0.25, -0.2) is 4.79 Å². The second-order valence-corrected chi connectivity index (χ2v) is 8.53. The SMILES string of the molecule is CCNC(=NCCCN1CCCCCC1=O)NC1CN(C(=O)OC(C)(C)C)C1.I. The number of nitrogens with one attached hydrogen (secondary N) is 2. The van der Waals surface area contributed by atoms with Crippen molar-refractivity contribution in [1.82, 2.24) is 20.4 Å². The Balaban J connectivity index is 0.00000420. The molecule has 0 aromatic carbocycles. The van der Waals surface area contributed by atoms with E-state index < -0.39 is 5.60 Å². The van der Waals surface area contributed by atoms with Gasteiger partial charge in [0.25, 0.3) is 0 Å². The largest absolute Gasteiger partial charge is 0.444 e. The molecule has 2 aliphatic heterocycles. The molecule has 0 bridgehead atoms. The summed E-state index contributed by atoms with van der Waals surface area (Å²) in [5, 5.41) is 6.61. The Hall–Kier alpha value is -1.26. The number of carbonyl (C=O) groups excluding carboxylic acids is 2. The van der Waals surface area contributed by atoms with Gasteiger partial charge in [0.2, 0.25) is 5.91 Å². The maximum absolute atomic E-state index is 12.0. The molecule has 0 aromatic rings. The Morgan fingerprint density at radius 2 is 1.97 bits per heavy atom. The van der Waals surface area contributed by atoms with E-state index in [9.17, 15) is 9.59 Å². The molecule has 168 valence electrons. The minimum atomic E-state index is -0.471. The number of hydrogen-bond donors (Lipinski definition) is 2. The van der Waals surface area contributed by atoms with E-state index in [0.29, 0.717) is 26.1 Å². The van der Waals surface area contributed by atoms with Crippen molar-refractivity contribution >= 4 is 41.9 Å². The number of aliphatic imine (C=N–C) groups is 1. The number of ether oxygens (including phenoxy) is 1. The summed E-state index contributed by atoms with van der Waals surface area (Å²) in [6.07, 6.45) is 4.55. The number of guanidine groups is 1. The van der Waals surface area contributed by atoms with Crippen LogP contribution in [0.5, 0.6) is 0 Å². The second kappa shape index (κ2) is 12.4. The molecule has 8 nitrogen and oxygen atoms in total. The Bertz CT molecular complexity index is 559. The fourth-order valence-corrected chi connectivity index (χ4v) is 3.29. The zero-order valence-corrected chi connectivity index (χ0v) is 20.7. The predicted molar refractivity (Wildman–Crippen MR) is 126 cm³/mol. The van der Waals surface area contributed by atoms with Crippen molar-refractivity contribution in [3.63, 3.8) is 0 Å². The van der Waals surface area contributed by atoms with Crippen molar-refractivity contribution < 1.29 is 14.3 Å². The van der Waals surface area contributed by atoms with Crippen LogP contribution in [0.4, 0.5) is 4.79 Å². The Labute approximate surface area is 192 Å². The fraction of sp³-hybridized carbons (Fsp3) is 0.850. The minimum absolute atomic E-state index is 0. The molecule has 0 unspecified atom stereocenters. The zero-order chi connectivity index (χ0) is 20.6. The van der Waals surface area contributed by atoms with Gasteiger partial charge in [0.15, 0.2) is 5.96 Å². The van der Waals surface area contributed by atoms with Crippen LogP contribution in [0.15, 0.2) is 4.99 Å². The third-order valence-electron chi connectivity index (χ3n) is 4.75. The van der Waals surface area contributed by atoms with Gasteiger partial charge < -0.3 is 25.2 Å². The summed E-state index contributed by atoms with van der Waals surface area (Å²) in [6.45, 7) is 12.0. The van der Waals surface area contributed by atoms with Gasteiger partial charge in [0, 0.05) is 45.7 Å². The van der Waals surface area contributed by atoms with Gasteiger partial charge >= 0.3 is 6.09 Å². The molecule has 0 radical (unpaired) electrons. The lowest BCUT2D eigenvalue weighted by atomic mass is 10.1. The number of likely N-dealkylation sites (tertiary alicyclic amines) is 2. The molecule has 2 fully saturated rings. The normalized spacial score (nSPS) is 18.5. The van der Waals surface area contributed by atoms with Crippen LogP contribution in [0.2, 0.25) is 0 Å². The molecule has 9 heteroatoms. The molecular formula is C20H38IN5O3. The average Bonchev–Trinajstić information content (AvgIpc) is 2.77. The molecule has 0 atom stereocenters. The molecule has 2 rings (SSSR count). The van der Waals surface area contributed by atoms with E-state index in [1.165, 1.54) is 0 Å². The summed E-state index contributed by atoms with van der Waals surface area (Å²) >= 11 is 0. The summed E-state index contributed by atoms with van der Waals surface area (Å²) in [4.78, 5) is 32.3. The van der Waals surface area contributed by atoms with Crippen LogP contribution in [0.3, 0.4) is 0 Å². The first-order valence-corrected chi connectivity index (χ1v) is 10.6. The molecule has 29 heavy (non-hydrogen) atoms. The van der Waals surface area contributed by atoms with E-state index >= 15 is 0 Å². The lowest BCUT2D eigenvalue weighted by Gasteiger charge is -2.40. The number of hydrogen-bond acceptors (Lipinski definition) is 4. The van der Waals surface area contributed by atoms with Gasteiger partial charge in [-0.3, -0.25) is 9.79 Å². The van der Waals surface area contributed by atoms with Crippen molar-refractivity contribution in [1.29, 1.82) is 0 Å². The smallest absolute Gasteiger partial charge is 0.410 e. The molecule has 2 saturated heterocycles. The maximum atomic E-state index is 12.0. The van der Waals surface area contributed by atoms with Crippen LogP contribution >= 0.6 is 24.0 Å². The Kier molecular flexibility index (Phi) is 11.1. The van der Waals surface area contributed by atoms with Crippen molar-refractivity contribution in [2.75, 3.05) is 39.3 Å². The van der Waals surface area contributed by atoms with Crippen molar-refractivity contribution in [2.45, 2.75) is 71.4 Å². The third kappa shape index (κ3) is 9.39. The summed E-state index contributed by atoms with van der Waals surface area (Å²) in [7, 11) is 0. The molecular weight excluding hydrogens is 485 g/mol. The van der Waals surface area contributed by atoms with Crippen molar-refractivity contribution in [2.24, 2.45) is 4.99 Å². The molecule has 2 heterocycles. The van der Waals surface area contributed by atoms with E-state index in [1.807, 2.05) is 32.6 Å². The first-order valence-electron chi connectivity index (χ1n) is 10.6.